The standard InChI is InChI=1S/C23H18ClNO4/c24-16-8-9-19(29-12-18(26)13-4-2-1-3-5-13)17(11-16)25-22(27)20-14-6-7-15(10-14)21(20)23(25)28/h1-9,11,14-15,20-21H,10,12H2/t14-,15+,20-,21-/m0/s1. The first-order chi connectivity index (χ1) is 14.0. The van der Waals surface area contributed by atoms with Crippen molar-refractivity contribution in [3.8, 4) is 5.75 Å². The molecular weight excluding hydrogens is 390 g/mol. The normalized spacial score (nSPS) is 26.9. The third kappa shape index (κ3) is 2.88. The zero-order chi connectivity index (χ0) is 20.1. The summed E-state index contributed by atoms with van der Waals surface area (Å²) in [6.45, 7) is -0.200. The second-order valence-electron chi connectivity index (χ2n) is 7.70. The van der Waals surface area contributed by atoms with Crippen LogP contribution in [0.3, 0.4) is 0 Å². The smallest absolute Gasteiger partial charge is 0.238 e. The molecule has 1 heterocycles. The summed E-state index contributed by atoms with van der Waals surface area (Å²) in [5.41, 5.74) is 0.843. The Labute approximate surface area is 172 Å². The number of imide groups is 1. The second-order valence-corrected chi connectivity index (χ2v) is 8.14. The van der Waals surface area contributed by atoms with Crippen LogP contribution in [0.15, 0.2) is 60.7 Å². The molecule has 2 aromatic rings. The molecule has 1 aliphatic heterocycles. The number of ketones is 1. The number of carbonyl (C=O) groups is 3. The van der Waals surface area contributed by atoms with Crippen LogP contribution in [-0.4, -0.2) is 24.2 Å². The van der Waals surface area contributed by atoms with E-state index in [9.17, 15) is 14.4 Å². The van der Waals surface area contributed by atoms with Crippen LogP contribution in [0.25, 0.3) is 0 Å². The monoisotopic (exact) mass is 407 g/mol. The molecule has 29 heavy (non-hydrogen) atoms. The van der Waals surface area contributed by atoms with Crippen LogP contribution >= 0.6 is 11.6 Å². The van der Waals surface area contributed by atoms with Crippen molar-refractivity contribution < 1.29 is 19.1 Å². The third-order valence-corrected chi connectivity index (χ3v) is 6.32. The number of anilines is 1. The zero-order valence-electron chi connectivity index (χ0n) is 15.5. The molecule has 2 amide bonds. The number of amides is 2. The molecule has 0 unspecified atom stereocenters. The minimum atomic E-state index is -0.310. The predicted octanol–water partition coefficient (Wildman–Crippen LogP) is 3.91. The molecule has 0 radical (unpaired) electrons. The van der Waals surface area contributed by atoms with Gasteiger partial charge in [0.05, 0.1) is 17.5 Å². The van der Waals surface area contributed by atoms with E-state index in [1.165, 1.54) is 4.90 Å². The molecular formula is C23H18ClNO4. The summed E-state index contributed by atoms with van der Waals surface area (Å²) in [6.07, 6.45) is 4.97. The van der Waals surface area contributed by atoms with Crippen LogP contribution in [0, 0.1) is 23.7 Å². The topological polar surface area (TPSA) is 63.7 Å². The van der Waals surface area contributed by atoms with Gasteiger partial charge in [0.15, 0.2) is 12.4 Å². The number of rotatable bonds is 5. The molecule has 5 nitrogen and oxygen atoms in total. The lowest BCUT2D eigenvalue weighted by molar-refractivity contribution is -0.123. The van der Waals surface area contributed by atoms with E-state index in [0.717, 1.165) is 6.42 Å². The first kappa shape index (κ1) is 18.1. The molecule has 146 valence electrons. The maximum atomic E-state index is 13.1. The lowest BCUT2D eigenvalue weighted by Crippen LogP contribution is -2.33. The van der Waals surface area contributed by atoms with Gasteiger partial charge in [-0.2, -0.15) is 0 Å². The summed E-state index contributed by atoms with van der Waals surface area (Å²) >= 11 is 6.16. The van der Waals surface area contributed by atoms with Gasteiger partial charge in [-0.25, -0.2) is 4.90 Å². The van der Waals surface area contributed by atoms with E-state index in [-0.39, 0.29) is 47.9 Å². The first-order valence-electron chi connectivity index (χ1n) is 9.61. The van der Waals surface area contributed by atoms with Crippen LogP contribution < -0.4 is 9.64 Å². The lowest BCUT2D eigenvalue weighted by atomic mass is 9.85. The van der Waals surface area contributed by atoms with Crippen molar-refractivity contribution in [3.05, 3.63) is 71.3 Å². The second kappa shape index (κ2) is 6.85. The fraction of sp³-hybridized carbons (Fsp3) is 0.261. The maximum Gasteiger partial charge on any atom is 0.238 e. The Balaban J connectivity index is 1.42. The number of Topliss-reactive ketones (excluding diaryl/α,β-unsaturated/α-hetero) is 1. The third-order valence-electron chi connectivity index (χ3n) is 6.09. The largest absolute Gasteiger partial charge is 0.483 e. The molecule has 2 bridgehead atoms. The van der Waals surface area contributed by atoms with Gasteiger partial charge in [-0.15, -0.1) is 0 Å². The van der Waals surface area contributed by atoms with E-state index in [1.807, 2.05) is 6.07 Å². The minimum Gasteiger partial charge on any atom is -0.483 e. The molecule has 2 aliphatic carbocycles. The summed E-state index contributed by atoms with van der Waals surface area (Å²) < 4.78 is 5.74. The highest BCUT2D eigenvalue weighted by molar-refractivity contribution is 6.31. The van der Waals surface area contributed by atoms with Crippen molar-refractivity contribution in [3.63, 3.8) is 0 Å². The SMILES string of the molecule is O=C(COc1ccc(Cl)cc1N1C(=O)[C@@H]2[C@@H](C1=O)[C@H]1C=C[C@@H]2C1)c1ccccc1. The highest BCUT2D eigenvalue weighted by atomic mass is 35.5. The Morgan fingerprint density at radius 1 is 1.00 bits per heavy atom. The van der Waals surface area contributed by atoms with E-state index < -0.39 is 0 Å². The van der Waals surface area contributed by atoms with Crippen LogP contribution in [-0.2, 0) is 9.59 Å². The van der Waals surface area contributed by atoms with Crippen LogP contribution in [0.2, 0.25) is 5.02 Å². The van der Waals surface area contributed by atoms with Crippen LogP contribution in [0.1, 0.15) is 16.8 Å². The Hall–Kier alpha value is -2.92. The van der Waals surface area contributed by atoms with Gasteiger partial charge in [-0.05, 0) is 36.5 Å². The number of ether oxygens (including phenoxy) is 1. The van der Waals surface area contributed by atoms with Crippen molar-refractivity contribution in [2.75, 3.05) is 11.5 Å². The first-order valence-corrected chi connectivity index (χ1v) is 9.99. The fourth-order valence-electron chi connectivity index (χ4n) is 4.78. The molecule has 0 spiro atoms. The van der Waals surface area contributed by atoms with E-state index >= 15 is 0 Å². The van der Waals surface area contributed by atoms with Crippen molar-refractivity contribution in [2.45, 2.75) is 6.42 Å². The van der Waals surface area contributed by atoms with Crippen molar-refractivity contribution in [1.29, 1.82) is 0 Å². The maximum absolute atomic E-state index is 13.1. The fourth-order valence-corrected chi connectivity index (χ4v) is 4.94. The van der Waals surface area contributed by atoms with E-state index in [1.54, 1.807) is 42.5 Å². The van der Waals surface area contributed by atoms with Crippen LogP contribution in [0.5, 0.6) is 5.75 Å². The molecule has 2 fully saturated rings. The van der Waals surface area contributed by atoms with Gasteiger partial charge in [0.2, 0.25) is 11.8 Å². The zero-order valence-corrected chi connectivity index (χ0v) is 16.2. The molecule has 2 aromatic carbocycles. The van der Waals surface area contributed by atoms with Crippen molar-refractivity contribution in [2.24, 2.45) is 23.7 Å². The number of carbonyl (C=O) groups excluding carboxylic acids is 3. The van der Waals surface area contributed by atoms with Gasteiger partial charge in [0.25, 0.3) is 0 Å². The van der Waals surface area contributed by atoms with Gasteiger partial charge in [-0.3, -0.25) is 14.4 Å². The average Bonchev–Trinajstić information content (AvgIpc) is 3.41. The van der Waals surface area contributed by atoms with E-state index in [0.29, 0.717) is 22.0 Å². The Kier molecular flexibility index (Phi) is 4.28. The van der Waals surface area contributed by atoms with Gasteiger partial charge >= 0.3 is 0 Å². The number of allylic oxidation sites excluding steroid dienone is 2. The summed E-state index contributed by atoms with van der Waals surface area (Å²) in [6, 6.07) is 13.6. The van der Waals surface area contributed by atoms with Crippen molar-refractivity contribution in [1.82, 2.24) is 0 Å². The summed E-state index contributed by atoms with van der Waals surface area (Å²) in [5, 5.41) is 0.389. The minimum absolute atomic E-state index is 0.120. The van der Waals surface area contributed by atoms with Gasteiger partial charge < -0.3 is 4.74 Å². The number of hydrogen-bond donors (Lipinski definition) is 0. The summed E-state index contributed by atoms with van der Waals surface area (Å²) in [5.74, 6) is -0.697. The highest BCUT2D eigenvalue weighted by Crippen LogP contribution is 2.54. The van der Waals surface area contributed by atoms with Gasteiger partial charge in [0.1, 0.15) is 5.75 Å². The number of halogens is 1. The molecule has 4 atom stereocenters. The number of hydrogen-bond acceptors (Lipinski definition) is 4. The molecule has 0 N–H and O–H groups in total. The molecule has 1 saturated carbocycles. The van der Waals surface area contributed by atoms with Gasteiger partial charge in [-0.1, -0.05) is 54.1 Å². The van der Waals surface area contributed by atoms with E-state index in [2.05, 4.69) is 12.2 Å². The quantitative estimate of drug-likeness (QED) is 0.428. The Morgan fingerprint density at radius 3 is 2.31 bits per heavy atom. The average molecular weight is 408 g/mol. The Morgan fingerprint density at radius 2 is 1.66 bits per heavy atom. The number of nitrogens with zero attached hydrogens (tertiary/aromatic N) is 1. The van der Waals surface area contributed by atoms with Crippen molar-refractivity contribution >= 4 is 34.9 Å². The molecule has 6 heteroatoms. The van der Waals surface area contributed by atoms with Gasteiger partial charge in [0, 0.05) is 10.6 Å². The predicted molar refractivity (Wildman–Crippen MR) is 108 cm³/mol. The highest BCUT2D eigenvalue weighted by Gasteiger charge is 2.59. The van der Waals surface area contributed by atoms with E-state index in [4.69, 9.17) is 16.3 Å². The van der Waals surface area contributed by atoms with Crippen LogP contribution in [0.4, 0.5) is 5.69 Å². The molecule has 0 aromatic heterocycles. The molecule has 3 aliphatic rings. The summed E-state index contributed by atoms with van der Waals surface area (Å²) in [7, 11) is 0. The number of benzene rings is 2. The molecule has 1 saturated heterocycles. The molecule has 5 rings (SSSR count). The lowest BCUT2D eigenvalue weighted by Gasteiger charge is -2.21. The Bertz CT molecular complexity index is 1020. The number of fused-ring (bicyclic) bond motifs is 5. The summed E-state index contributed by atoms with van der Waals surface area (Å²) in [4.78, 5) is 39.8.